The number of carbonyl (C=O) groups is 2. The van der Waals surface area contributed by atoms with Crippen molar-refractivity contribution in [3.05, 3.63) is 48.3 Å². The lowest BCUT2D eigenvalue weighted by atomic mass is 10.0. The average Bonchev–Trinajstić information content (AvgIpc) is 2.78. The molecule has 7 nitrogen and oxygen atoms in total. The summed E-state index contributed by atoms with van der Waals surface area (Å²) < 4.78 is 5.41. The molecule has 31 heavy (non-hydrogen) atoms. The molecule has 0 unspecified atom stereocenters. The molecule has 0 saturated carbocycles. The first kappa shape index (κ1) is 22.3. The summed E-state index contributed by atoms with van der Waals surface area (Å²) in [5.74, 6) is 3.16. The maximum atomic E-state index is 13.3. The van der Waals surface area contributed by atoms with Crippen LogP contribution in [0.1, 0.15) is 17.3 Å². The summed E-state index contributed by atoms with van der Waals surface area (Å²) in [4.78, 5) is 35.6. The smallest absolute Gasteiger partial charge is 0.254 e. The monoisotopic (exact) mass is 420 g/mol. The number of likely N-dealkylation sites (N-methyl/N-ethyl adjacent to an activating group) is 1. The second-order valence-corrected chi connectivity index (χ2v) is 7.67. The van der Waals surface area contributed by atoms with Crippen LogP contribution >= 0.6 is 0 Å². The first-order valence-electron chi connectivity index (χ1n) is 10.3. The van der Waals surface area contributed by atoms with E-state index in [0.717, 1.165) is 10.8 Å². The van der Waals surface area contributed by atoms with E-state index in [0.29, 0.717) is 44.0 Å². The Morgan fingerprint density at radius 2 is 2.13 bits per heavy atom. The Balaban J connectivity index is 1.68. The zero-order valence-corrected chi connectivity index (χ0v) is 18.2. The number of rotatable bonds is 6. The van der Waals surface area contributed by atoms with E-state index in [1.807, 2.05) is 42.0 Å². The zero-order valence-electron chi connectivity index (χ0n) is 18.2. The molecule has 1 fully saturated rings. The summed E-state index contributed by atoms with van der Waals surface area (Å²) in [5, 5.41) is 1.61. The van der Waals surface area contributed by atoms with Crippen molar-refractivity contribution in [2.24, 2.45) is 0 Å². The van der Waals surface area contributed by atoms with Gasteiger partial charge in [-0.3, -0.25) is 19.5 Å². The second-order valence-electron chi connectivity index (χ2n) is 7.67. The standard InChI is InChI=1S/C24H28N4O3/c1-5-12-26(3)13-6-7-23(29)27-14-15-28(18(2)17-27)24(30)20-8-9-22(31-4)19-10-11-25-16-21(19)20/h1,6-11,16,18H,12-15,17H2,2-4H3/b7-6+/t18-/m1/s1. The molecule has 0 spiro atoms. The summed E-state index contributed by atoms with van der Waals surface area (Å²) in [5.41, 5.74) is 0.590. The van der Waals surface area contributed by atoms with E-state index in [-0.39, 0.29) is 17.9 Å². The quantitative estimate of drug-likeness (QED) is 0.529. The van der Waals surface area contributed by atoms with Gasteiger partial charge in [-0.2, -0.15) is 0 Å². The SMILES string of the molecule is C#CCN(C)C/C=C/C(=O)N1CCN(C(=O)c2ccc(OC)c3ccncc23)[C@H](C)C1. The third kappa shape index (κ3) is 5.04. The Hall–Kier alpha value is -3.37. The van der Waals surface area contributed by atoms with Gasteiger partial charge in [0.2, 0.25) is 5.91 Å². The number of terminal acetylenes is 1. The van der Waals surface area contributed by atoms with Crippen LogP contribution in [-0.4, -0.2) is 84.4 Å². The van der Waals surface area contributed by atoms with Gasteiger partial charge in [-0.15, -0.1) is 6.42 Å². The number of ether oxygens (including phenoxy) is 1. The number of aromatic nitrogens is 1. The molecule has 0 aliphatic carbocycles. The molecule has 7 heteroatoms. The van der Waals surface area contributed by atoms with Crippen LogP contribution in [0.2, 0.25) is 0 Å². The number of piperazine rings is 1. The lowest BCUT2D eigenvalue weighted by Crippen LogP contribution is -2.55. The molecule has 0 radical (unpaired) electrons. The van der Waals surface area contributed by atoms with E-state index < -0.39 is 0 Å². The summed E-state index contributed by atoms with van der Waals surface area (Å²) in [6.07, 6.45) is 12.1. The molecule has 0 bridgehead atoms. The number of carbonyl (C=O) groups excluding carboxylic acids is 2. The maximum Gasteiger partial charge on any atom is 0.254 e. The number of pyridine rings is 1. The lowest BCUT2D eigenvalue weighted by molar-refractivity contribution is -0.128. The van der Waals surface area contributed by atoms with Crippen molar-refractivity contribution in [1.29, 1.82) is 0 Å². The normalized spacial score (nSPS) is 16.7. The van der Waals surface area contributed by atoms with Gasteiger partial charge in [-0.05, 0) is 32.2 Å². The summed E-state index contributed by atoms with van der Waals surface area (Å²) in [6.45, 7) is 4.57. The van der Waals surface area contributed by atoms with E-state index in [4.69, 9.17) is 11.2 Å². The fraction of sp³-hybridized carbons (Fsp3) is 0.375. The zero-order chi connectivity index (χ0) is 22.4. The number of hydrogen-bond acceptors (Lipinski definition) is 5. The molecule has 1 atom stereocenters. The molecule has 1 saturated heterocycles. The Bertz CT molecular complexity index is 1030. The fourth-order valence-electron chi connectivity index (χ4n) is 3.80. The van der Waals surface area contributed by atoms with Crippen LogP contribution in [0.4, 0.5) is 0 Å². The van der Waals surface area contributed by atoms with Crippen molar-refractivity contribution in [3.63, 3.8) is 0 Å². The van der Waals surface area contributed by atoms with Gasteiger partial charge < -0.3 is 14.5 Å². The first-order valence-corrected chi connectivity index (χ1v) is 10.3. The third-order valence-corrected chi connectivity index (χ3v) is 5.47. The highest BCUT2D eigenvalue weighted by molar-refractivity contribution is 6.08. The Morgan fingerprint density at radius 1 is 1.32 bits per heavy atom. The largest absolute Gasteiger partial charge is 0.496 e. The minimum absolute atomic E-state index is 0.0489. The van der Waals surface area contributed by atoms with Gasteiger partial charge in [0, 0.05) is 67.0 Å². The highest BCUT2D eigenvalue weighted by Crippen LogP contribution is 2.29. The van der Waals surface area contributed by atoms with Gasteiger partial charge in [0.1, 0.15) is 5.75 Å². The summed E-state index contributed by atoms with van der Waals surface area (Å²) in [6, 6.07) is 5.34. The van der Waals surface area contributed by atoms with Crippen molar-refractivity contribution in [2.75, 3.05) is 46.9 Å². The molecule has 2 amide bonds. The molecule has 162 valence electrons. The molecule has 1 aromatic carbocycles. The van der Waals surface area contributed by atoms with Crippen molar-refractivity contribution < 1.29 is 14.3 Å². The van der Waals surface area contributed by atoms with Gasteiger partial charge in [-0.25, -0.2) is 0 Å². The molecule has 1 aliphatic rings. The number of fused-ring (bicyclic) bond motifs is 1. The fourth-order valence-corrected chi connectivity index (χ4v) is 3.80. The maximum absolute atomic E-state index is 13.3. The van der Waals surface area contributed by atoms with Crippen LogP contribution < -0.4 is 4.74 Å². The average molecular weight is 421 g/mol. The third-order valence-electron chi connectivity index (χ3n) is 5.47. The van der Waals surface area contributed by atoms with Gasteiger partial charge in [0.15, 0.2) is 0 Å². The molecular formula is C24H28N4O3. The lowest BCUT2D eigenvalue weighted by Gasteiger charge is -2.39. The number of methoxy groups -OCH3 is 1. The number of benzene rings is 1. The Labute approximate surface area is 183 Å². The summed E-state index contributed by atoms with van der Waals surface area (Å²) >= 11 is 0. The van der Waals surface area contributed by atoms with E-state index in [1.54, 1.807) is 36.5 Å². The van der Waals surface area contributed by atoms with Crippen molar-refractivity contribution in [3.8, 4) is 18.1 Å². The minimum atomic E-state index is -0.100. The Morgan fingerprint density at radius 3 is 2.84 bits per heavy atom. The van der Waals surface area contributed by atoms with Gasteiger partial charge >= 0.3 is 0 Å². The predicted octanol–water partition coefficient (Wildman–Crippen LogP) is 2.04. The van der Waals surface area contributed by atoms with Crippen molar-refractivity contribution in [2.45, 2.75) is 13.0 Å². The van der Waals surface area contributed by atoms with Crippen molar-refractivity contribution in [1.82, 2.24) is 19.7 Å². The van der Waals surface area contributed by atoms with Gasteiger partial charge in [0.05, 0.1) is 13.7 Å². The number of hydrogen-bond donors (Lipinski definition) is 0. The van der Waals surface area contributed by atoms with E-state index in [9.17, 15) is 9.59 Å². The second kappa shape index (κ2) is 10.1. The minimum Gasteiger partial charge on any atom is -0.496 e. The van der Waals surface area contributed by atoms with Crippen molar-refractivity contribution >= 4 is 22.6 Å². The number of amides is 2. The molecule has 2 heterocycles. The van der Waals surface area contributed by atoms with Gasteiger partial charge in [0.25, 0.3) is 5.91 Å². The topological polar surface area (TPSA) is 66.0 Å². The highest BCUT2D eigenvalue weighted by atomic mass is 16.5. The summed E-state index contributed by atoms with van der Waals surface area (Å²) in [7, 11) is 3.51. The number of nitrogens with zero attached hydrogens (tertiary/aromatic N) is 4. The highest BCUT2D eigenvalue weighted by Gasteiger charge is 2.30. The van der Waals surface area contributed by atoms with Crippen LogP contribution in [0.3, 0.4) is 0 Å². The van der Waals surface area contributed by atoms with Crippen LogP contribution in [0.25, 0.3) is 10.8 Å². The Kier molecular flexibility index (Phi) is 7.27. The van der Waals surface area contributed by atoms with Crippen LogP contribution in [-0.2, 0) is 4.79 Å². The van der Waals surface area contributed by atoms with E-state index in [1.165, 1.54) is 0 Å². The molecule has 1 aliphatic heterocycles. The molecular weight excluding hydrogens is 392 g/mol. The van der Waals surface area contributed by atoms with E-state index >= 15 is 0 Å². The van der Waals surface area contributed by atoms with Gasteiger partial charge in [-0.1, -0.05) is 12.0 Å². The molecule has 3 rings (SSSR count). The first-order chi connectivity index (χ1) is 15.0. The van der Waals surface area contributed by atoms with E-state index in [2.05, 4.69) is 10.9 Å². The molecule has 0 N–H and O–H groups in total. The molecule has 2 aromatic rings. The molecule has 1 aromatic heterocycles. The van der Waals surface area contributed by atoms with Crippen LogP contribution in [0.5, 0.6) is 5.75 Å². The van der Waals surface area contributed by atoms with Crippen LogP contribution in [0.15, 0.2) is 42.7 Å². The van der Waals surface area contributed by atoms with Crippen LogP contribution in [0, 0.1) is 12.3 Å². The predicted molar refractivity (Wildman–Crippen MR) is 121 cm³/mol.